The molecular weight excluding hydrogens is 316 g/mol. The summed E-state index contributed by atoms with van der Waals surface area (Å²) in [5.74, 6) is 0.520. The van der Waals surface area contributed by atoms with E-state index in [-0.39, 0.29) is 11.9 Å². The van der Waals surface area contributed by atoms with E-state index in [1.54, 1.807) is 11.3 Å². The minimum atomic E-state index is 0.102. The summed E-state index contributed by atoms with van der Waals surface area (Å²) in [6.45, 7) is 7.88. The van der Waals surface area contributed by atoms with E-state index in [4.69, 9.17) is 0 Å². The Bertz CT molecular complexity index is 748. The number of rotatable bonds is 5. The third-order valence-corrected chi connectivity index (χ3v) is 5.53. The van der Waals surface area contributed by atoms with E-state index in [1.165, 1.54) is 10.4 Å². The second-order valence-electron chi connectivity index (χ2n) is 6.55. The van der Waals surface area contributed by atoms with E-state index < -0.39 is 0 Å². The van der Waals surface area contributed by atoms with Crippen molar-refractivity contribution in [2.45, 2.75) is 33.4 Å². The van der Waals surface area contributed by atoms with Gasteiger partial charge in [-0.1, -0.05) is 38.1 Å². The summed E-state index contributed by atoms with van der Waals surface area (Å²) in [7, 11) is 0. The first kappa shape index (κ1) is 16.8. The lowest BCUT2D eigenvalue weighted by Gasteiger charge is -2.28. The molecular formula is C20H24N2OS. The average Bonchev–Trinajstić information content (AvgIpc) is 3.21. The Labute approximate surface area is 148 Å². The van der Waals surface area contributed by atoms with Crippen LogP contribution in [-0.2, 0) is 6.54 Å². The van der Waals surface area contributed by atoms with Crippen LogP contribution in [0, 0.1) is 12.8 Å². The average molecular weight is 340 g/mol. The van der Waals surface area contributed by atoms with Crippen LogP contribution < -0.4 is 5.32 Å². The van der Waals surface area contributed by atoms with Gasteiger partial charge in [0.2, 0.25) is 0 Å². The van der Waals surface area contributed by atoms with Crippen LogP contribution in [0.25, 0.3) is 0 Å². The van der Waals surface area contributed by atoms with Gasteiger partial charge in [0.25, 0.3) is 5.91 Å². The quantitative estimate of drug-likeness (QED) is 0.800. The van der Waals surface area contributed by atoms with E-state index in [0.29, 0.717) is 12.5 Å². The van der Waals surface area contributed by atoms with Gasteiger partial charge in [-0.25, -0.2) is 0 Å². The van der Waals surface area contributed by atoms with E-state index in [2.05, 4.69) is 49.7 Å². The van der Waals surface area contributed by atoms with Crippen LogP contribution in [0.2, 0.25) is 0 Å². The number of anilines is 1. The molecule has 0 bridgehead atoms. The van der Waals surface area contributed by atoms with Gasteiger partial charge in [-0.15, -0.1) is 11.3 Å². The predicted octanol–water partition coefficient (Wildman–Crippen LogP) is 4.71. The standard InChI is InChI=1S/C20H24N2OS/c1-14(2)18-9-6-11-22(18)20(23)16-7-4-5-8-17(16)21-13-19-15(3)10-12-24-19/h4-10,12,14,18,21H,11,13H2,1-3H3. The normalized spacial score (nSPS) is 16.8. The highest BCUT2D eigenvalue weighted by molar-refractivity contribution is 7.10. The van der Waals surface area contributed by atoms with Crippen molar-refractivity contribution in [2.75, 3.05) is 11.9 Å². The molecule has 1 atom stereocenters. The molecule has 0 spiro atoms. The van der Waals surface area contributed by atoms with E-state index >= 15 is 0 Å². The van der Waals surface area contributed by atoms with Gasteiger partial charge in [-0.3, -0.25) is 4.79 Å². The first-order chi connectivity index (χ1) is 11.6. The molecule has 3 nitrogen and oxygen atoms in total. The Morgan fingerprint density at radius 3 is 2.83 bits per heavy atom. The molecule has 0 saturated heterocycles. The number of carbonyl (C=O) groups is 1. The number of hydrogen-bond donors (Lipinski definition) is 1. The van der Waals surface area contributed by atoms with Crippen LogP contribution in [-0.4, -0.2) is 23.4 Å². The second-order valence-corrected chi connectivity index (χ2v) is 7.55. The number of carbonyl (C=O) groups excluding carboxylic acids is 1. The summed E-state index contributed by atoms with van der Waals surface area (Å²) < 4.78 is 0. The molecule has 0 saturated carbocycles. The van der Waals surface area contributed by atoms with Crippen LogP contribution in [0.5, 0.6) is 0 Å². The van der Waals surface area contributed by atoms with Crippen LogP contribution in [0.1, 0.15) is 34.6 Å². The van der Waals surface area contributed by atoms with Crippen LogP contribution in [0.15, 0.2) is 47.9 Å². The van der Waals surface area contributed by atoms with Crippen molar-refractivity contribution in [3.63, 3.8) is 0 Å². The van der Waals surface area contributed by atoms with Gasteiger partial charge < -0.3 is 10.2 Å². The maximum atomic E-state index is 13.1. The molecule has 1 aliphatic heterocycles. The molecule has 1 aromatic heterocycles. The van der Waals surface area contributed by atoms with Crippen molar-refractivity contribution < 1.29 is 4.79 Å². The third kappa shape index (κ3) is 3.39. The van der Waals surface area contributed by atoms with Gasteiger partial charge in [0.1, 0.15) is 0 Å². The van der Waals surface area contributed by atoms with E-state index in [1.807, 2.05) is 29.2 Å². The number of amides is 1. The summed E-state index contributed by atoms with van der Waals surface area (Å²) in [6.07, 6.45) is 4.24. The summed E-state index contributed by atoms with van der Waals surface area (Å²) in [5, 5.41) is 5.55. The van der Waals surface area contributed by atoms with Crippen LogP contribution in [0.4, 0.5) is 5.69 Å². The molecule has 3 rings (SSSR count). The topological polar surface area (TPSA) is 32.3 Å². The lowest BCUT2D eigenvalue weighted by Crippen LogP contribution is -2.39. The maximum absolute atomic E-state index is 13.1. The monoisotopic (exact) mass is 340 g/mol. The van der Waals surface area contributed by atoms with Crippen molar-refractivity contribution in [3.05, 3.63) is 63.9 Å². The predicted molar refractivity (Wildman–Crippen MR) is 102 cm³/mol. The first-order valence-electron chi connectivity index (χ1n) is 8.41. The molecule has 1 amide bonds. The summed E-state index contributed by atoms with van der Waals surface area (Å²) in [4.78, 5) is 16.3. The minimum Gasteiger partial charge on any atom is -0.379 e. The number of thiophene rings is 1. The molecule has 1 unspecified atom stereocenters. The van der Waals surface area contributed by atoms with Gasteiger partial charge in [0.05, 0.1) is 11.6 Å². The first-order valence-corrected chi connectivity index (χ1v) is 9.29. The van der Waals surface area contributed by atoms with Crippen molar-refractivity contribution in [2.24, 2.45) is 5.92 Å². The third-order valence-electron chi connectivity index (χ3n) is 4.50. The molecule has 2 heterocycles. The second kappa shape index (κ2) is 7.22. The summed E-state index contributed by atoms with van der Waals surface area (Å²) in [5.41, 5.74) is 2.95. The zero-order valence-corrected chi connectivity index (χ0v) is 15.3. The van der Waals surface area contributed by atoms with Crippen LogP contribution >= 0.6 is 11.3 Å². The lowest BCUT2D eigenvalue weighted by molar-refractivity contribution is 0.0721. The lowest BCUT2D eigenvalue weighted by atomic mass is 10.0. The Morgan fingerprint density at radius 2 is 2.12 bits per heavy atom. The molecule has 4 heteroatoms. The minimum absolute atomic E-state index is 0.102. The molecule has 2 aromatic rings. The summed E-state index contributed by atoms with van der Waals surface area (Å²) in [6, 6.07) is 10.1. The van der Waals surface area contributed by atoms with Gasteiger partial charge in [0, 0.05) is 23.7 Å². The maximum Gasteiger partial charge on any atom is 0.256 e. The molecule has 1 aromatic carbocycles. The largest absolute Gasteiger partial charge is 0.379 e. The van der Waals surface area contributed by atoms with Gasteiger partial charge in [-0.2, -0.15) is 0 Å². The smallest absolute Gasteiger partial charge is 0.256 e. The van der Waals surface area contributed by atoms with Crippen molar-refractivity contribution >= 4 is 22.9 Å². The molecule has 126 valence electrons. The number of aryl methyl sites for hydroxylation is 1. The van der Waals surface area contributed by atoms with Gasteiger partial charge in [0.15, 0.2) is 0 Å². The zero-order chi connectivity index (χ0) is 17.1. The highest BCUT2D eigenvalue weighted by Gasteiger charge is 2.28. The number of hydrogen-bond acceptors (Lipinski definition) is 3. The SMILES string of the molecule is Cc1ccsc1CNc1ccccc1C(=O)N1CC=CC1C(C)C. The fourth-order valence-corrected chi connectivity index (χ4v) is 3.92. The molecule has 24 heavy (non-hydrogen) atoms. The fourth-order valence-electron chi connectivity index (χ4n) is 3.08. The number of para-hydroxylation sites is 1. The Hall–Kier alpha value is -2.07. The highest BCUT2D eigenvalue weighted by Crippen LogP contribution is 2.25. The van der Waals surface area contributed by atoms with Crippen molar-refractivity contribution in [3.8, 4) is 0 Å². The fraction of sp³-hybridized carbons (Fsp3) is 0.350. The zero-order valence-electron chi connectivity index (χ0n) is 14.5. The Morgan fingerprint density at radius 1 is 1.33 bits per heavy atom. The Balaban J connectivity index is 1.79. The summed E-state index contributed by atoms with van der Waals surface area (Å²) >= 11 is 1.74. The van der Waals surface area contributed by atoms with Gasteiger partial charge in [-0.05, 0) is 42.0 Å². The van der Waals surface area contributed by atoms with Gasteiger partial charge >= 0.3 is 0 Å². The Kier molecular flexibility index (Phi) is 5.05. The highest BCUT2D eigenvalue weighted by atomic mass is 32.1. The van der Waals surface area contributed by atoms with E-state index in [9.17, 15) is 4.79 Å². The molecule has 0 radical (unpaired) electrons. The molecule has 0 aliphatic carbocycles. The van der Waals surface area contributed by atoms with Crippen molar-refractivity contribution in [1.82, 2.24) is 4.90 Å². The molecule has 1 N–H and O–H groups in total. The number of benzene rings is 1. The van der Waals surface area contributed by atoms with E-state index in [0.717, 1.165) is 17.8 Å². The molecule has 1 aliphatic rings. The number of nitrogens with one attached hydrogen (secondary N) is 1. The van der Waals surface area contributed by atoms with Crippen LogP contribution in [0.3, 0.4) is 0 Å². The van der Waals surface area contributed by atoms with Crippen molar-refractivity contribution in [1.29, 1.82) is 0 Å². The number of nitrogens with zero attached hydrogens (tertiary/aromatic N) is 1. The molecule has 0 fully saturated rings.